The standard InChI is InChI=1S/C53H91N9O16/c1-55-43(35-39-21-20-29-56-39)53(76)61-42(26-27-47(67)68)52(75)60-41(23-17-19-31-62(36-48(69)70)37-49(71)72)51(74)59-40(50(54)73)22-16-18-28-57-45(64)38-78-34-33-77-32-30-58-44(63)24-14-12-10-8-6-4-2-3-5-7-9-11-13-15-25-46(65)66/h21,29,40-43,55H,2-20,22-28,30-38H2,1H3,(H2,54,73)(H,57,64)(H,58,63)(H,59,74)(H,60,75)(H,61,76)(H,65,66)(H,67,68)(H,69,70)(H,71,72)/t40-,41-,42-,43-/m0/s1. The summed E-state index contributed by atoms with van der Waals surface area (Å²) >= 11 is 0. The number of amides is 6. The van der Waals surface area contributed by atoms with Gasteiger partial charge in [-0.15, -0.1) is 0 Å². The van der Waals surface area contributed by atoms with Crippen molar-refractivity contribution in [3.63, 3.8) is 0 Å². The lowest BCUT2D eigenvalue weighted by atomic mass is 10.0. The second-order valence-electron chi connectivity index (χ2n) is 19.5. The molecule has 0 aliphatic carbocycles. The zero-order valence-electron chi connectivity index (χ0n) is 45.9. The maximum Gasteiger partial charge on any atom is 0.317 e. The van der Waals surface area contributed by atoms with E-state index >= 15 is 0 Å². The monoisotopic (exact) mass is 1110 g/mol. The van der Waals surface area contributed by atoms with Crippen molar-refractivity contribution in [1.82, 2.24) is 36.8 Å². The van der Waals surface area contributed by atoms with E-state index in [9.17, 15) is 63.3 Å². The van der Waals surface area contributed by atoms with Gasteiger partial charge in [-0.1, -0.05) is 83.1 Å². The fourth-order valence-electron chi connectivity index (χ4n) is 8.44. The van der Waals surface area contributed by atoms with Crippen LogP contribution in [0.25, 0.3) is 0 Å². The number of nitrogens with two attached hydrogens (primary N) is 1. The molecule has 1 aliphatic rings. The van der Waals surface area contributed by atoms with E-state index in [0.29, 0.717) is 44.5 Å². The van der Waals surface area contributed by atoms with Gasteiger partial charge in [-0.2, -0.15) is 0 Å². The smallest absolute Gasteiger partial charge is 0.317 e. The Hall–Kier alpha value is -6.05. The van der Waals surface area contributed by atoms with Crippen LogP contribution in [0.5, 0.6) is 0 Å². The van der Waals surface area contributed by atoms with E-state index in [4.69, 9.17) is 20.3 Å². The first-order valence-electron chi connectivity index (χ1n) is 27.8. The van der Waals surface area contributed by atoms with E-state index in [1.807, 2.05) is 6.08 Å². The molecule has 25 heteroatoms. The summed E-state index contributed by atoms with van der Waals surface area (Å²) in [5.41, 5.74) is 6.29. The highest BCUT2D eigenvalue weighted by molar-refractivity contribution is 5.95. The van der Waals surface area contributed by atoms with Crippen molar-refractivity contribution < 1.29 is 77.8 Å². The van der Waals surface area contributed by atoms with E-state index < -0.39 is 91.2 Å². The molecule has 0 radical (unpaired) electrons. The number of hydrogen-bond donors (Lipinski definition) is 11. The second kappa shape index (κ2) is 44.9. The summed E-state index contributed by atoms with van der Waals surface area (Å²) in [4.78, 5) is 128. The second-order valence-corrected chi connectivity index (χ2v) is 19.5. The number of primary amides is 1. The minimum Gasteiger partial charge on any atom is -0.481 e. The molecular formula is C53H91N9O16. The molecule has 6 amide bonds. The number of carbonyl (C=O) groups excluding carboxylic acids is 6. The summed E-state index contributed by atoms with van der Waals surface area (Å²) in [7, 11) is 1.54. The molecule has 0 saturated carbocycles. The lowest BCUT2D eigenvalue weighted by Gasteiger charge is -2.26. The number of likely N-dealkylation sites (N-methyl/N-ethyl adjacent to an activating group) is 1. The molecule has 4 atom stereocenters. The first kappa shape index (κ1) is 70.0. The molecule has 0 spiro atoms. The zero-order chi connectivity index (χ0) is 57.8. The molecule has 0 aromatic heterocycles. The van der Waals surface area contributed by atoms with E-state index in [2.05, 4.69) is 36.9 Å². The summed E-state index contributed by atoms with van der Waals surface area (Å²) in [5.74, 6) is -8.08. The third kappa shape index (κ3) is 38.5. The van der Waals surface area contributed by atoms with E-state index in [0.717, 1.165) is 38.5 Å². The van der Waals surface area contributed by atoms with Gasteiger partial charge in [0.05, 0.1) is 39.0 Å². The van der Waals surface area contributed by atoms with Crippen LogP contribution in [-0.4, -0.2) is 181 Å². The van der Waals surface area contributed by atoms with Crippen molar-refractivity contribution in [2.45, 2.75) is 191 Å². The number of ether oxygens (including phenoxy) is 2. The molecule has 0 bridgehead atoms. The van der Waals surface area contributed by atoms with Gasteiger partial charge in [-0.05, 0) is 71.4 Å². The molecule has 0 fully saturated rings. The Morgan fingerprint density at radius 3 is 1.55 bits per heavy atom. The Bertz CT molecular complexity index is 1870. The SMILES string of the molecule is CN[C@@H](CC1=CCC=N1)C(=O)N[C@@H](CCC(=O)O)C(=O)N[C@@H](CCCCN(CC(=O)O)CC(=O)O)C(=O)N[C@@H](CCCCNC(=O)COCCOCCNC(=O)CCCCCCCCCCCCCCCCC(=O)O)C(N)=O. The van der Waals surface area contributed by atoms with Crippen LogP contribution in [0.2, 0.25) is 0 Å². The lowest BCUT2D eigenvalue weighted by Crippen LogP contribution is -2.57. The van der Waals surface area contributed by atoms with Gasteiger partial charge >= 0.3 is 23.9 Å². The lowest BCUT2D eigenvalue weighted by molar-refractivity contribution is -0.142. The van der Waals surface area contributed by atoms with Crippen LogP contribution in [0.3, 0.4) is 0 Å². The topological polar surface area (TPSA) is 384 Å². The predicted molar refractivity (Wildman–Crippen MR) is 289 cm³/mol. The molecular weight excluding hydrogens is 1020 g/mol. The van der Waals surface area contributed by atoms with E-state index in [-0.39, 0.29) is 89.7 Å². The summed E-state index contributed by atoms with van der Waals surface area (Å²) < 4.78 is 10.9. The van der Waals surface area contributed by atoms with E-state index in [1.165, 1.54) is 63.3 Å². The van der Waals surface area contributed by atoms with E-state index in [1.54, 1.807) is 6.21 Å². The number of nitrogens with zero attached hydrogens (tertiary/aromatic N) is 2. The third-order valence-corrected chi connectivity index (χ3v) is 12.8. The predicted octanol–water partition coefficient (Wildman–Crippen LogP) is 2.53. The number of carboxylic acids is 4. The Morgan fingerprint density at radius 2 is 1.03 bits per heavy atom. The fraction of sp³-hybridized carbons (Fsp3) is 0.755. The molecule has 1 aliphatic heterocycles. The van der Waals surface area contributed by atoms with Crippen LogP contribution in [0, 0.1) is 0 Å². The molecule has 12 N–H and O–H groups in total. The van der Waals surface area contributed by atoms with Crippen LogP contribution < -0.4 is 37.6 Å². The number of aliphatic carboxylic acids is 4. The van der Waals surface area contributed by atoms with Crippen LogP contribution in [0.1, 0.15) is 167 Å². The molecule has 1 heterocycles. The highest BCUT2D eigenvalue weighted by Crippen LogP contribution is 2.16. The molecule has 25 nitrogen and oxygen atoms in total. The van der Waals surface area contributed by atoms with Crippen LogP contribution in [-0.2, 0) is 57.4 Å². The van der Waals surface area contributed by atoms with Gasteiger partial charge in [-0.25, -0.2) is 0 Å². The fourth-order valence-corrected chi connectivity index (χ4v) is 8.44. The number of nitrogens with one attached hydrogen (secondary N) is 6. The minimum atomic E-state index is -1.41. The van der Waals surface area contributed by atoms with Gasteiger partial charge in [0.15, 0.2) is 0 Å². The number of rotatable bonds is 52. The van der Waals surface area contributed by atoms with Crippen molar-refractivity contribution in [2.24, 2.45) is 10.7 Å². The maximum atomic E-state index is 13.8. The zero-order valence-corrected chi connectivity index (χ0v) is 45.9. The molecule has 0 aromatic rings. The molecule has 0 saturated heterocycles. The number of carboxylic acid groups (broad SMARTS) is 4. The van der Waals surface area contributed by atoms with Crippen molar-refractivity contribution in [2.75, 3.05) is 66.2 Å². The first-order valence-corrected chi connectivity index (χ1v) is 27.8. The van der Waals surface area contributed by atoms with Gasteiger partial charge in [0.1, 0.15) is 24.7 Å². The average Bonchev–Trinajstić information content (AvgIpc) is 3.90. The number of aliphatic imine (C=N–C) groups is 1. The quantitative estimate of drug-likeness (QED) is 0.0390. The Balaban J connectivity index is 2.48. The van der Waals surface area contributed by atoms with Crippen LogP contribution in [0.15, 0.2) is 16.8 Å². The van der Waals surface area contributed by atoms with Crippen LogP contribution >= 0.6 is 0 Å². The largest absolute Gasteiger partial charge is 0.481 e. The highest BCUT2D eigenvalue weighted by atomic mass is 16.5. The normalized spacial score (nSPS) is 13.4. The van der Waals surface area contributed by atoms with Gasteiger partial charge in [0, 0.05) is 57.1 Å². The summed E-state index contributed by atoms with van der Waals surface area (Å²) in [6.07, 6.45) is 20.8. The van der Waals surface area contributed by atoms with Crippen molar-refractivity contribution in [3.05, 3.63) is 11.8 Å². The van der Waals surface area contributed by atoms with Crippen molar-refractivity contribution >= 4 is 65.5 Å². The molecule has 444 valence electrons. The Kier molecular flexibility index (Phi) is 40.3. The molecule has 0 unspecified atom stereocenters. The van der Waals surface area contributed by atoms with Crippen molar-refractivity contribution in [3.8, 4) is 0 Å². The first-order chi connectivity index (χ1) is 37.4. The number of allylic oxidation sites excluding steroid dienone is 1. The van der Waals surface area contributed by atoms with Crippen LogP contribution in [0.4, 0.5) is 0 Å². The minimum absolute atomic E-state index is 0.0148. The average molecular weight is 1110 g/mol. The van der Waals surface area contributed by atoms with Gasteiger partial charge in [0.25, 0.3) is 0 Å². The molecule has 0 aromatic carbocycles. The van der Waals surface area contributed by atoms with Gasteiger partial charge < -0.3 is 67.5 Å². The Labute approximate surface area is 458 Å². The van der Waals surface area contributed by atoms with Gasteiger partial charge in [-0.3, -0.25) is 57.8 Å². The maximum absolute atomic E-state index is 13.8. The van der Waals surface area contributed by atoms with Gasteiger partial charge in [0.2, 0.25) is 35.4 Å². The highest BCUT2D eigenvalue weighted by Gasteiger charge is 2.31. The summed E-state index contributed by atoms with van der Waals surface area (Å²) in [6, 6.07) is -4.82. The third-order valence-electron chi connectivity index (χ3n) is 12.8. The summed E-state index contributed by atoms with van der Waals surface area (Å²) in [5, 5.41) is 52.6. The van der Waals surface area contributed by atoms with Crippen molar-refractivity contribution in [1.29, 1.82) is 0 Å². The number of carbonyl (C=O) groups is 10. The number of unbranched alkanes of at least 4 members (excludes halogenated alkanes) is 15. The summed E-state index contributed by atoms with van der Waals surface area (Å²) in [6.45, 7) is -0.0865. The number of hydrogen-bond acceptors (Lipinski definition) is 15. The molecule has 1 rings (SSSR count). The Morgan fingerprint density at radius 1 is 0.538 bits per heavy atom. The molecule has 78 heavy (non-hydrogen) atoms.